The molecule has 1 aliphatic carbocycles. The quantitative estimate of drug-likeness (QED) is 0.806. The van der Waals surface area contributed by atoms with Crippen LogP contribution in [0.2, 0.25) is 0 Å². The van der Waals surface area contributed by atoms with Gasteiger partial charge in [-0.25, -0.2) is 0 Å². The van der Waals surface area contributed by atoms with Gasteiger partial charge in [-0.15, -0.1) is 0 Å². The normalized spacial score (nSPS) is 26.6. The van der Waals surface area contributed by atoms with Crippen LogP contribution in [0, 0.1) is 5.92 Å². The average Bonchev–Trinajstić information content (AvgIpc) is 2.48. The third-order valence-electron chi connectivity index (χ3n) is 4.57. The Bertz CT molecular complexity index is 368. The Balaban J connectivity index is 1.68. The van der Waals surface area contributed by atoms with Crippen molar-refractivity contribution in [3.8, 4) is 0 Å². The van der Waals surface area contributed by atoms with Crippen LogP contribution in [0.5, 0.6) is 0 Å². The second kappa shape index (κ2) is 7.80. The molecule has 2 nitrogen and oxygen atoms in total. The van der Waals surface area contributed by atoms with Crippen LogP contribution >= 0.6 is 0 Å². The molecule has 0 heterocycles. The summed E-state index contributed by atoms with van der Waals surface area (Å²) in [4.78, 5) is 0. The zero-order chi connectivity index (χ0) is 14.3. The molecule has 0 aromatic heterocycles. The Morgan fingerprint density at radius 2 is 1.90 bits per heavy atom. The Labute approximate surface area is 123 Å². The van der Waals surface area contributed by atoms with E-state index in [0.29, 0.717) is 13.2 Å². The molecule has 1 fully saturated rings. The van der Waals surface area contributed by atoms with Crippen LogP contribution in [0.4, 0.5) is 0 Å². The van der Waals surface area contributed by atoms with Crippen LogP contribution in [-0.2, 0) is 11.3 Å². The third kappa shape index (κ3) is 4.92. The molecular formula is C18H29NO. The number of benzene rings is 1. The van der Waals surface area contributed by atoms with Crippen LogP contribution in [-0.4, -0.2) is 12.1 Å². The topological polar surface area (TPSA) is 35.2 Å². The monoisotopic (exact) mass is 275 g/mol. The molecule has 1 aromatic carbocycles. The fourth-order valence-electron chi connectivity index (χ4n) is 3.12. The van der Waals surface area contributed by atoms with E-state index in [9.17, 15) is 0 Å². The minimum absolute atomic E-state index is 0.0858. The largest absolute Gasteiger partial charge is 0.375 e. The second-order valence-electron chi connectivity index (χ2n) is 6.43. The summed E-state index contributed by atoms with van der Waals surface area (Å²) in [5.41, 5.74) is 7.63. The first-order valence-electron chi connectivity index (χ1n) is 8.12. The van der Waals surface area contributed by atoms with Gasteiger partial charge < -0.3 is 10.5 Å². The van der Waals surface area contributed by atoms with Gasteiger partial charge in [0.2, 0.25) is 0 Å². The fourth-order valence-corrected chi connectivity index (χ4v) is 3.12. The molecule has 0 aliphatic heterocycles. The lowest BCUT2D eigenvalue weighted by Crippen LogP contribution is -2.47. The van der Waals surface area contributed by atoms with Gasteiger partial charge in [-0.3, -0.25) is 0 Å². The van der Waals surface area contributed by atoms with Crippen molar-refractivity contribution >= 4 is 0 Å². The van der Waals surface area contributed by atoms with Gasteiger partial charge in [0.25, 0.3) is 0 Å². The van der Waals surface area contributed by atoms with Gasteiger partial charge in [-0.05, 0) is 37.2 Å². The number of rotatable bonds is 7. The predicted molar refractivity (Wildman–Crippen MR) is 84.5 cm³/mol. The maximum absolute atomic E-state index is 6.49. The number of ether oxygens (including phenoxy) is 1. The molecule has 0 unspecified atom stereocenters. The van der Waals surface area contributed by atoms with Crippen molar-refractivity contribution in [3.05, 3.63) is 35.9 Å². The summed E-state index contributed by atoms with van der Waals surface area (Å²) in [6, 6.07) is 10.3. The summed E-state index contributed by atoms with van der Waals surface area (Å²) < 4.78 is 5.85. The van der Waals surface area contributed by atoms with Crippen molar-refractivity contribution in [3.63, 3.8) is 0 Å². The highest BCUT2D eigenvalue weighted by Gasteiger charge is 2.31. The lowest BCUT2D eigenvalue weighted by atomic mass is 9.76. The fraction of sp³-hybridized carbons (Fsp3) is 0.667. The molecular weight excluding hydrogens is 246 g/mol. The molecule has 0 radical (unpaired) electrons. The first-order valence-corrected chi connectivity index (χ1v) is 8.12. The molecule has 0 saturated heterocycles. The molecule has 2 N–H and O–H groups in total. The average molecular weight is 275 g/mol. The SMILES string of the molecule is CCCCC1CCC(N)(COCc2ccccc2)CC1. The van der Waals surface area contributed by atoms with Crippen molar-refractivity contribution in [2.75, 3.05) is 6.61 Å². The summed E-state index contributed by atoms with van der Waals surface area (Å²) in [6.07, 6.45) is 8.87. The standard InChI is InChI=1S/C18H29NO/c1-2-3-7-16-10-12-18(19,13-11-16)15-20-14-17-8-5-4-6-9-17/h4-6,8-9,16H,2-3,7,10-15,19H2,1H3. The second-order valence-corrected chi connectivity index (χ2v) is 6.43. The number of hydrogen-bond acceptors (Lipinski definition) is 2. The molecule has 0 spiro atoms. The molecule has 1 saturated carbocycles. The molecule has 20 heavy (non-hydrogen) atoms. The lowest BCUT2D eigenvalue weighted by Gasteiger charge is -2.37. The summed E-state index contributed by atoms with van der Waals surface area (Å²) in [5.74, 6) is 0.903. The highest BCUT2D eigenvalue weighted by Crippen LogP contribution is 2.33. The number of hydrogen-bond donors (Lipinski definition) is 1. The van der Waals surface area contributed by atoms with Crippen molar-refractivity contribution in [2.24, 2.45) is 11.7 Å². The highest BCUT2D eigenvalue weighted by atomic mass is 16.5. The maximum atomic E-state index is 6.49. The zero-order valence-corrected chi connectivity index (χ0v) is 12.8. The van der Waals surface area contributed by atoms with E-state index in [1.807, 2.05) is 6.07 Å². The van der Waals surface area contributed by atoms with Crippen LogP contribution in [0.15, 0.2) is 30.3 Å². The van der Waals surface area contributed by atoms with E-state index in [4.69, 9.17) is 10.5 Å². The van der Waals surface area contributed by atoms with E-state index in [0.717, 1.165) is 18.8 Å². The minimum atomic E-state index is -0.0858. The third-order valence-corrected chi connectivity index (χ3v) is 4.57. The minimum Gasteiger partial charge on any atom is -0.375 e. The van der Waals surface area contributed by atoms with Crippen LogP contribution < -0.4 is 5.73 Å². The van der Waals surface area contributed by atoms with Gasteiger partial charge in [0.05, 0.1) is 13.2 Å². The van der Waals surface area contributed by atoms with Crippen LogP contribution in [0.3, 0.4) is 0 Å². The Morgan fingerprint density at radius 1 is 1.20 bits per heavy atom. The van der Waals surface area contributed by atoms with E-state index >= 15 is 0 Å². The van der Waals surface area contributed by atoms with E-state index in [-0.39, 0.29) is 5.54 Å². The molecule has 2 rings (SSSR count). The first kappa shape index (κ1) is 15.5. The Kier molecular flexibility index (Phi) is 6.06. The molecule has 0 atom stereocenters. The molecule has 0 bridgehead atoms. The van der Waals surface area contributed by atoms with Gasteiger partial charge in [-0.1, -0.05) is 56.5 Å². The van der Waals surface area contributed by atoms with Gasteiger partial charge in [-0.2, -0.15) is 0 Å². The highest BCUT2D eigenvalue weighted by molar-refractivity contribution is 5.13. The predicted octanol–water partition coefficient (Wildman–Crippen LogP) is 4.28. The van der Waals surface area contributed by atoms with Crippen LogP contribution in [0.1, 0.15) is 57.4 Å². The Hall–Kier alpha value is -0.860. The molecule has 112 valence electrons. The summed E-state index contributed by atoms with van der Waals surface area (Å²) in [5, 5.41) is 0. The van der Waals surface area contributed by atoms with Gasteiger partial charge in [0.15, 0.2) is 0 Å². The zero-order valence-electron chi connectivity index (χ0n) is 12.8. The number of unbranched alkanes of at least 4 members (excludes halogenated alkanes) is 1. The smallest absolute Gasteiger partial charge is 0.0717 e. The van der Waals surface area contributed by atoms with Gasteiger partial charge >= 0.3 is 0 Å². The molecule has 2 heteroatoms. The maximum Gasteiger partial charge on any atom is 0.0717 e. The van der Waals surface area contributed by atoms with Crippen LogP contribution in [0.25, 0.3) is 0 Å². The first-order chi connectivity index (χ1) is 9.72. The number of nitrogens with two attached hydrogens (primary N) is 1. The van der Waals surface area contributed by atoms with Crippen molar-refractivity contribution in [2.45, 2.75) is 64.0 Å². The Morgan fingerprint density at radius 3 is 2.55 bits per heavy atom. The van der Waals surface area contributed by atoms with Crippen molar-refractivity contribution in [1.29, 1.82) is 0 Å². The summed E-state index contributed by atoms with van der Waals surface area (Å²) >= 11 is 0. The van der Waals surface area contributed by atoms with Gasteiger partial charge in [0.1, 0.15) is 0 Å². The molecule has 0 amide bonds. The van der Waals surface area contributed by atoms with Gasteiger partial charge in [0, 0.05) is 5.54 Å². The van der Waals surface area contributed by atoms with E-state index < -0.39 is 0 Å². The lowest BCUT2D eigenvalue weighted by molar-refractivity contribution is 0.0490. The van der Waals surface area contributed by atoms with E-state index in [1.54, 1.807) is 0 Å². The summed E-state index contributed by atoms with van der Waals surface area (Å²) in [7, 11) is 0. The molecule has 1 aliphatic rings. The molecule has 1 aromatic rings. The van der Waals surface area contributed by atoms with E-state index in [1.165, 1.54) is 37.7 Å². The van der Waals surface area contributed by atoms with Crippen molar-refractivity contribution in [1.82, 2.24) is 0 Å². The summed E-state index contributed by atoms with van der Waals surface area (Å²) in [6.45, 7) is 3.65. The van der Waals surface area contributed by atoms with Crippen molar-refractivity contribution < 1.29 is 4.74 Å². The van der Waals surface area contributed by atoms with E-state index in [2.05, 4.69) is 31.2 Å².